The molecule has 0 spiro atoms. The molecule has 0 aliphatic heterocycles. The molecule has 0 N–H and O–H groups in total. The molecule has 4 rings (SSSR count). The molecule has 0 heterocycles. The van der Waals surface area contributed by atoms with Gasteiger partial charge in [0.25, 0.3) is 0 Å². The number of allylic oxidation sites excluding steroid dienone is 3. The molecule has 1 nitrogen and oxygen atoms in total. The molecule has 3 saturated carbocycles. The van der Waals surface area contributed by atoms with Crippen molar-refractivity contribution in [3.63, 3.8) is 0 Å². The molecule has 0 saturated heterocycles. The van der Waals surface area contributed by atoms with Crippen LogP contribution in [0.3, 0.4) is 0 Å². The van der Waals surface area contributed by atoms with Crippen molar-refractivity contribution < 1.29 is 4.79 Å². The number of rotatable bonds is 0. The quantitative estimate of drug-likeness (QED) is 0.597. The van der Waals surface area contributed by atoms with E-state index in [9.17, 15) is 4.79 Å². The fourth-order valence-corrected chi connectivity index (χ4v) is 6.54. The van der Waals surface area contributed by atoms with E-state index in [4.69, 9.17) is 0 Å². The van der Waals surface area contributed by atoms with Gasteiger partial charge in [0.1, 0.15) is 0 Å². The summed E-state index contributed by atoms with van der Waals surface area (Å²) in [5.41, 5.74) is 4.77. The molecule has 5 atom stereocenters. The van der Waals surface area contributed by atoms with Crippen LogP contribution in [0.2, 0.25) is 0 Å². The summed E-state index contributed by atoms with van der Waals surface area (Å²) in [5.74, 6) is 2.47. The SMILES string of the molecule is C=C1C[C@@]2(C)CC[C@H]3[C@@H](CCC4=CC(=O)CC[C@@]43C)[C@@H]2C1=C. The van der Waals surface area contributed by atoms with Crippen molar-refractivity contribution >= 4 is 5.78 Å². The smallest absolute Gasteiger partial charge is 0.155 e. The summed E-state index contributed by atoms with van der Waals surface area (Å²) in [6, 6.07) is 0. The third kappa shape index (κ3) is 1.74. The fourth-order valence-electron chi connectivity index (χ4n) is 6.54. The number of carbonyl (C=O) groups is 1. The zero-order valence-electron chi connectivity index (χ0n) is 14.1. The Morgan fingerprint density at radius 3 is 2.68 bits per heavy atom. The second-order valence-electron chi connectivity index (χ2n) is 8.84. The highest BCUT2D eigenvalue weighted by Crippen LogP contribution is 2.66. The van der Waals surface area contributed by atoms with Crippen LogP contribution >= 0.6 is 0 Å². The number of hydrogen-bond donors (Lipinski definition) is 0. The molecule has 4 aliphatic carbocycles. The minimum absolute atomic E-state index is 0.266. The van der Waals surface area contributed by atoms with Crippen LogP contribution in [0.1, 0.15) is 58.8 Å². The number of hydrogen-bond acceptors (Lipinski definition) is 1. The van der Waals surface area contributed by atoms with E-state index in [0.717, 1.165) is 37.5 Å². The van der Waals surface area contributed by atoms with Crippen LogP contribution in [-0.4, -0.2) is 5.78 Å². The van der Waals surface area contributed by atoms with E-state index in [2.05, 4.69) is 27.0 Å². The summed E-state index contributed by atoms with van der Waals surface area (Å²) in [6.45, 7) is 13.6. The Bertz CT molecular complexity index is 609. The largest absolute Gasteiger partial charge is 0.295 e. The molecule has 3 fully saturated rings. The highest BCUT2D eigenvalue weighted by molar-refractivity contribution is 5.91. The number of carbonyl (C=O) groups excluding carboxylic acids is 1. The van der Waals surface area contributed by atoms with Crippen LogP contribution in [-0.2, 0) is 4.79 Å². The van der Waals surface area contributed by atoms with Gasteiger partial charge >= 0.3 is 0 Å². The van der Waals surface area contributed by atoms with E-state index >= 15 is 0 Å². The molecular formula is C21H28O. The first-order valence-corrected chi connectivity index (χ1v) is 8.96. The van der Waals surface area contributed by atoms with E-state index in [1.54, 1.807) is 0 Å². The lowest BCUT2D eigenvalue weighted by molar-refractivity contribution is -0.117. The zero-order valence-corrected chi connectivity index (χ0v) is 14.1. The summed E-state index contributed by atoms with van der Waals surface area (Å²) < 4.78 is 0. The van der Waals surface area contributed by atoms with Gasteiger partial charge in [-0.3, -0.25) is 4.79 Å². The number of ketones is 1. The average Bonchev–Trinajstić information content (AvgIpc) is 2.70. The van der Waals surface area contributed by atoms with Gasteiger partial charge in [0.05, 0.1) is 0 Å². The minimum Gasteiger partial charge on any atom is -0.295 e. The molecular weight excluding hydrogens is 268 g/mol. The highest BCUT2D eigenvalue weighted by Gasteiger charge is 2.57. The molecule has 0 unspecified atom stereocenters. The Balaban J connectivity index is 1.74. The summed E-state index contributed by atoms with van der Waals surface area (Å²) >= 11 is 0. The second-order valence-corrected chi connectivity index (χ2v) is 8.84. The average molecular weight is 296 g/mol. The van der Waals surface area contributed by atoms with Crippen LogP contribution in [0, 0.1) is 28.6 Å². The van der Waals surface area contributed by atoms with E-state index in [1.165, 1.54) is 36.0 Å². The van der Waals surface area contributed by atoms with Crippen LogP contribution in [0.25, 0.3) is 0 Å². The number of fused-ring (bicyclic) bond motifs is 5. The molecule has 22 heavy (non-hydrogen) atoms. The lowest BCUT2D eigenvalue weighted by Gasteiger charge is -2.57. The van der Waals surface area contributed by atoms with Gasteiger partial charge in [-0.1, -0.05) is 38.2 Å². The van der Waals surface area contributed by atoms with Crippen LogP contribution in [0.5, 0.6) is 0 Å². The van der Waals surface area contributed by atoms with E-state index < -0.39 is 0 Å². The summed E-state index contributed by atoms with van der Waals surface area (Å²) in [6.07, 6.45) is 9.94. The maximum atomic E-state index is 11.8. The maximum Gasteiger partial charge on any atom is 0.155 e. The topological polar surface area (TPSA) is 17.1 Å². The van der Waals surface area contributed by atoms with Gasteiger partial charge in [-0.25, -0.2) is 0 Å². The Morgan fingerprint density at radius 1 is 1.14 bits per heavy atom. The molecule has 0 amide bonds. The normalized spacial score (nSPS) is 47.6. The lowest BCUT2D eigenvalue weighted by atomic mass is 9.47. The molecule has 0 aromatic rings. The Morgan fingerprint density at radius 2 is 1.91 bits per heavy atom. The van der Waals surface area contributed by atoms with Crippen molar-refractivity contribution in [1.82, 2.24) is 0 Å². The Hall–Kier alpha value is -1.11. The van der Waals surface area contributed by atoms with Gasteiger partial charge in [-0.2, -0.15) is 0 Å². The Kier molecular flexibility index (Phi) is 2.94. The standard InChI is InChI=1S/C21H28O/c1-13-12-20(3)9-8-18-17(19(20)14(13)2)6-5-15-11-16(22)7-10-21(15,18)4/h11,17-19H,1-2,5-10,12H2,3-4H3/t17-,18+,19+,20-,21+/m1/s1. The summed E-state index contributed by atoms with van der Waals surface area (Å²) in [5, 5.41) is 0. The van der Waals surface area contributed by atoms with Gasteiger partial charge in [0.2, 0.25) is 0 Å². The van der Waals surface area contributed by atoms with E-state index in [-0.39, 0.29) is 5.41 Å². The van der Waals surface area contributed by atoms with Gasteiger partial charge in [0, 0.05) is 6.42 Å². The van der Waals surface area contributed by atoms with Crippen molar-refractivity contribution in [2.75, 3.05) is 0 Å². The molecule has 0 bridgehead atoms. The first kappa shape index (κ1) is 14.5. The summed E-state index contributed by atoms with van der Waals surface area (Å²) in [7, 11) is 0. The second kappa shape index (κ2) is 4.46. The highest BCUT2D eigenvalue weighted by atomic mass is 16.1. The van der Waals surface area contributed by atoms with Crippen LogP contribution in [0.4, 0.5) is 0 Å². The molecule has 0 radical (unpaired) electrons. The van der Waals surface area contributed by atoms with Gasteiger partial charge < -0.3 is 0 Å². The van der Waals surface area contributed by atoms with Crippen LogP contribution < -0.4 is 0 Å². The monoisotopic (exact) mass is 296 g/mol. The van der Waals surface area contributed by atoms with Crippen molar-refractivity contribution in [1.29, 1.82) is 0 Å². The predicted octanol–water partition coefficient (Wildman–Crippen LogP) is 5.24. The molecule has 0 aromatic carbocycles. The van der Waals surface area contributed by atoms with Crippen molar-refractivity contribution in [3.05, 3.63) is 36.0 Å². The Labute approximate surface area is 134 Å². The third-order valence-electron chi connectivity index (χ3n) is 7.69. The van der Waals surface area contributed by atoms with Crippen molar-refractivity contribution in [2.24, 2.45) is 28.6 Å². The maximum absolute atomic E-state index is 11.8. The van der Waals surface area contributed by atoms with Crippen molar-refractivity contribution in [2.45, 2.75) is 58.8 Å². The predicted molar refractivity (Wildman–Crippen MR) is 90.4 cm³/mol. The lowest BCUT2D eigenvalue weighted by Crippen LogP contribution is -2.49. The third-order valence-corrected chi connectivity index (χ3v) is 7.69. The van der Waals surface area contributed by atoms with E-state index in [0.29, 0.717) is 17.1 Å². The summed E-state index contributed by atoms with van der Waals surface area (Å²) in [4.78, 5) is 11.8. The van der Waals surface area contributed by atoms with Crippen molar-refractivity contribution in [3.8, 4) is 0 Å². The molecule has 4 aliphatic rings. The zero-order chi connectivity index (χ0) is 15.7. The first-order valence-electron chi connectivity index (χ1n) is 8.96. The first-order chi connectivity index (χ1) is 10.3. The van der Waals surface area contributed by atoms with E-state index in [1.807, 2.05) is 6.08 Å². The molecule has 0 aromatic heterocycles. The van der Waals surface area contributed by atoms with Gasteiger partial charge in [-0.05, 0) is 78.8 Å². The van der Waals surface area contributed by atoms with Gasteiger partial charge in [0.15, 0.2) is 5.78 Å². The van der Waals surface area contributed by atoms with Crippen LogP contribution in [0.15, 0.2) is 36.0 Å². The molecule has 1 heteroatoms. The minimum atomic E-state index is 0.266. The molecule has 118 valence electrons. The fraction of sp³-hybridized carbons (Fsp3) is 0.667. The van der Waals surface area contributed by atoms with Gasteiger partial charge in [-0.15, -0.1) is 0 Å².